The van der Waals surface area contributed by atoms with Crippen LogP contribution in [0.2, 0.25) is 8.67 Å². The number of hydrogen-bond donors (Lipinski definition) is 2. The number of hydrogen-bond acceptors (Lipinski definition) is 4. The minimum atomic E-state index is -6.05. The third kappa shape index (κ3) is 4.14. The Balaban J connectivity index is 2.39. The predicted octanol–water partition coefficient (Wildman–Crippen LogP) is 5.17. The van der Waals surface area contributed by atoms with Crippen LogP contribution in [0, 0.1) is 0 Å². The number of sulfonamides is 1. The SMILES string of the molecule is O=S(=O)(Nc1ccc(C(O)(C(F)(F)F)C(F)(F)F)cc1)c1cc(Cl)sc1Cl. The van der Waals surface area contributed by atoms with E-state index in [-0.39, 0.29) is 14.4 Å². The van der Waals surface area contributed by atoms with Crippen molar-refractivity contribution in [3.05, 3.63) is 44.6 Å². The molecule has 2 N–H and O–H groups in total. The summed E-state index contributed by atoms with van der Waals surface area (Å²) in [6.07, 6.45) is -12.1. The van der Waals surface area contributed by atoms with Gasteiger partial charge in [0, 0.05) is 11.3 Å². The van der Waals surface area contributed by atoms with Crippen LogP contribution in [-0.2, 0) is 15.6 Å². The quantitative estimate of drug-likeness (QED) is 0.602. The molecular weight excluding hydrogens is 467 g/mol. The number of nitrogens with one attached hydrogen (secondary N) is 1. The van der Waals surface area contributed by atoms with E-state index in [1.807, 2.05) is 4.72 Å². The Labute approximate surface area is 162 Å². The van der Waals surface area contributed by atoms with Crippen LogP contribution in [0.5, 0.6) is 0 Å². The van der Waals surface area contributed by atoms with Crippen LogP contribution >= 0.6 is 34.5 Å². The van der Waals surface area contributed by atoms with Gasteiger partial charge in [-0.2, -0.15) is 26.3 Å². The molecule has 1 aromatic heterocycles. The van der Waals surface area contributed by atoms with E-state index in [0.29, 0.717) is 24.3 Å². The Morgan fingerprint density at radius 1 is 0.963 bits per heavy atom. The number of thiophene rings is 1. The normalized spacial score (nSPS) is 13.7. The molecule has 0 aliphatic rings. The molecule has 14 heteroatoms. The topological polar surface area (TPSA) is 66.4 Å². The van der Waals surface area contributed by atoms with Crippen molar-refractivity contribution in [2.24, 2.45) is 0 Å². The van der Waals surface area contributed by atoms with Gasteiger partial charge in [0.1, 0.15) is 9.23 Å². The van der Waals surface area contributed by atoms with E-state index in [1.165, 1.54) is 0 Å². The highest BCUT2D eigenvalue weighted by molar-refractivity contribution is 7.93. The minimum Gasteiger partial charge on any atom is -0.369 e. The van der Waals surface area contributed by atoms with Gasteiger partial charge in [-0.3, -0.25) is 4.72 Å². The van der Waals surface area contributed by atoms with Crippen LogP contribution in [0.3, 0.4) is 0 Å². The second-order valence-electron chi connectivity index (χ2n) is 5.08. The summed E-state index contributed by atoms with van der Waals surface area (Å²) in [6, 6.07) is 2.91. The van der Waals surface area contributed by atoms with E-state index in [9.17, 15) is 39.9 Å². The molecule has 1 aromatic carbocycles. The lowest BCUT2D eigenvalue weighted by molar-refractivity contribution is -0.376. The zero-order chi connectivity index (χ0) is 20.8. The van der Waals surface area contributed by atoms with Crippen molar-refractivity contribution in [3.63, 3.8) is 0 Å². The van der Waals surface area contributed by atoms with Crippen molar-refractivity contribution in [2.45, 2.75) is 22.8 Å². The van der Waals surface area contributed by atoms with Crippen molar-refractivity contribution >= 4 is 50.2 Å². The fraction of sp³-hybridized carbons (Fsp3) is 0.231. The molecule has 27 heavy (non-hydrogen) atoms. The molecule has 0 aliphatic heterocycles. The molecule has 0 radical (unpaired) electrons. The molecule has 150 valence electrons. The van der Waals surface area contributed by atoms with Gasteiger partial charge in [-0.1, -0.05) is 35.3 Å². The first-order valence-electron chi connectivity index (χ1n) is 6.53. The highest BCUT2D eigenvalue weighted by atomic mass is 35.5. The molecule has 4 nitrogen and oxygen atoms in total. The zero-order valence-electron chi connectivity index (χ0n) is 12.5. The summed E-state index contributed by atoms with van der Waals surface area (Å²) >= 11 is 12.1. The molecule has 0 unspecified atom stereocenters. The Bertz CT molecular complexity index is 924. The first-order chi connectivity index (χ1) is 12.1. The van der Waals surface area contributed by atoms with Crippen LogP contribution in [0.1, 0.15) is 5.56 Å². The van der Waals surface area contributed by atoms with Gasteiger partial charge in [-0.25, -0.2) is 8.42 Å². The van der Waals surface area contributed by atoms with Gasteiger partial charge in [0.15, 0.2) is 0 Å². The van der Waals surface area contributed by atoms with E-state index < -0.39 is 38.4 Å². The molecule has 2 rings (SSSR count). The van der Waals surface area contributed by atoms with Crippen LogP contribution in [0.15, 0.2) is 35.2 Å². The summed E-state index contributed by atoms with van der Waals surface area (Å²) in [6.45, 7) is 0. The molecule has 0 amide bonds. The van der Waals surface area contributed by atoms with Gasteiger partial charge in [0.2, 0.25) is 0 Å². The van der Waals surface area contributed by atoms with Crippen molar-refractivity contribution in [1.82, 2.24) is 0 Å². The van der Waals surface area contributed by atoms with E-state index >= 15 is 0 Å². The number of aliphatic hydroxyl groups is 1. The summed E-state index contributed by atoms with van der Waals surface area (Å²) in [7, 11) is -4.29. The molecule has 0 fully saturated rings. The summed E-state index contributed by atoms with van der Waals surface area (Å²) in [5, 5.41) is 9.28. The highest BCUT2D eigenvalue weighted by Gasteiger charge is 2.71. The van der Waals surface area contributed by atoms with Crippen LogP contribution in [0.25, 0.3) is 0 Å². The van der Waals surface area contributed by atoms with Crippen molar-refractivity contribution in [1.29, 1.82) is 0 Å². The van der Waals surface area contributed by atoms with Crippen molar-refractivity contribution in [3.8, 4) is 0 Å². The fourth-order valence-corrected chi connectivity index (χ4v) is 5.20. The average Bonchev–Trinajstić information content (AvgIpc) is 2.84. The maximum atomic E-state index is 12.8. The smallest absolute Gasteiger partial charge is 0.369 e. The second-order valence-corrected chi connectivity index (χ2v) is 9.01. The maximum Gasteiger partial charge on any atom is 0.430 e. The summed E-state index contributed by atoms with van der Waals surface area (Å²) in [4.78, 5) is -0.412. The lowest BCUT2D eigenvalue weighted by Gasteiger charge is -2.32. The van der Waals surface area contributed by atoms with Gasteiger partial charge in [0.25, 0.3) is 15.6 Å². The van der Waals surface area contributed by atoms with E-state index in [2.05, 4.69) is 0 Å². The average molecular weight is 474 g/mol. The monoisotopic (exact) mass is 473 g/mol. The Morgan fingerprint density at radius 2 is 1.44 bits per heavy atom. The predicted molar refractivity (Wildman–Crippen MR) is 87.6 cm³/mol. The molecule has 0 atom stereocenters. The van der Waals surface area contributed by atoms with Gasteiger partial charge in [-0.15, -0.1) is 11.3 Å². The van der Waals surface area contributed by atoms with Gasteiger partial charge in [-0.05, 0) is 18.2 Å². The number of alkyl halides is 6. The van der Waals surface area contributed by atoms with Crippen LogP contribution in [-0.4, -0.2) is 25.9 Å². The molecule has 0 saturated carbocycles. The highest BCUT2D eigenvalue weighted by Crippen LogP contribution is 2.50. The Kier molecular flexibility index (Phi) is 5.72. The number of rotatable bonds is 4. The van der Waals surface area contributed by atoms with E-state index in [0.717, 1.165) is 17.4 Å². The molecule has 1 heterocycles. The van der Waals surface area contributed by atoms with Crippen LogP contribution in [0.4, 0.5) is 32.0 Å². The fourth-order valence-electron chi connectivity index (χ4n) is 1.99. The number of halogens is 8. The standard InChI is InChI=1S/C13H7Cl2F6NO3S2/c14-9-5-8(10(15)26-9)27(24,25)22-7-3-1-6(2-4-7)11(23,12(16,17)18)13(19,20)21/h1-5,22-23H. The maximum absolute atomic E-state index is 12.8. The van der Waals surface area contributed by atoms with E-state index in [4.69, 9.17) is 23.2 Å². The van der Waals surface area contributed by atoms with Crippen LogP contribution < -0.4 is 4.72 Å². The molecule has 0 saturated heterocycles. The lowest BCUT2D eigenvalue weighted by atomic mass is 9.92. The molecule has 0 aliphatic carbocycles. The summed E-state index contributed by atoms with van der Waals surface area (Å²) in [5.74, 6) is 0. The van der Waals surface area contributed by atoms with Crippen molar-refractivity contribution in [2.75, 3.05) is 4.72 Å². The molecule has 0 spiro atoms. The molecule has 0 bridgehead atoms. The lowest BCUT2D eigenvalue weighted by Crippen LogP contribution is -2.53. The third-order valence-electron chi connectivity index (χ3n) is 3.29. The van der Waals surface area contributed by atoms with Gasteiger partial charge in [0.05, 0.1) is 4.34 Å². The Morgan fingerprint density at radius 3 is 1.81 bits per heavy atom. The van der Waals surface area contributed by atoms with E-state index in [1.54, 1.807) is 0 Å². The largest absolute Gasteiger partial charge is 0.430 e. The number of benzene rings is 1. The first kappa shape index (κ1) is 22.1. The number of anilines is 1. The van der Waals surface area contributed by atoms with Crippen molar-refractivity contribution < 1.29 is 39.9 Å². The third-order valence-corrected chi connectivity index (χ3v) is 6.42. The zero-order valence-corrected chi connectivity index (χ0v) is 15.6. The van der Waals surface area contributed by atoms with Gasteiger partial charge < -0.3 is 5.11 Å². The minimum absolute atomic E-state index is 0.0520. The summed E-state index contributed by atoms with van der Waals surface area (Å²) < 4.78 is 103. The van der Waals surface area contributed by atoms with Gasteiger partial charge >= 0.3 is 12.4 Å². The first-order valence-corrected chi connectivity index (χ1v) is 9.59. The summed E-state index contributed by atoms with van der Waals surface area (Å²) in [5.41, 5.74) is -6.99. The second kappa shape index (κ2) is 6.99. The molecule has 2 aromatic rings. The molecular formula is C13H7Cl2F6NO3S2. The Hall–Kier alpha value is -1.21.